The van der Waals surface area contributed by atoms with Crippen molar-refractivity contribution in [3.05, 3.63) is 30.4 Å². The van der Waals surface area contributed by atoms with Gasteiger partial charge in [0.15, 0.2) is 5.78 Å². The average molecular weight is 190 g/mol. The number of carbonyl (C=O) groups excluding carboxylic acids is 1. The van der Waals surface area contributed by atoms with E-state index in [0.29, 0.717) is 18.0 Å². The minimum atomic E-state index is -0.0296. The van der Waals surface area contributed by atoms with Gasteiger partial charge < -0.3 is 5.32 Å². The Morgan fingerprint density at radius 3 is 3.21 bits per heavy atom. The third-order valence-electron chi connectivity index (χ3n) is 1.86. The lowest BCUT2D eigenvalue weighted by molar-refractivity contribution is 0.0989. The standard InChI is InChI=1S/C9H10N4O/c1-10-5-8(14)7-6-13-4-2-3-11-9(13)12-7/h2-4,6,10H,5H2,1H3. The van der Waals surface area contributed by atoms with Crippen LogP contribution in [0.25, 0.3) is 5.78 Å². The smallest absolute Gasteiger partial charge is 0.234 e. The fourth-order valence-electron chi connectivity index (χ4n) is 1.22. The second-order valence-corrected chi connectivity index (χ2v) is 2.91. The van der Waals surface area contributed by atoms with Crippen molar-refractivity contribution in [2.24, 2.45) is 0 Å². The highest BCUT2D eigenvalue weighted by molar-refractivity contribution is 5.96. The van der Waals surface area contributed by atoms with Gasteiger partial charge in [-0.15, -0.1) is 0 Å². The summed E-state index contributed by atoms with van der Waals surface area (Å²) in [5.74, 6) is 0.518. The minimum Gasteiger partial charge on any atom is -0.313 e. The summed E-state index contributed by atoms with van der Waals surface area (Å²) in [6.45, 7) is 0.296. The number of likely N-dealkylation sites (N-methyl/N-ethyl adjacent to an activating group) is 1. The highest BCUT2D eigenvalue weighted by Gasteiger charge is 2.09. The number of hydrogen-bond donors (Lipinski definition) is 1. The van der Waals surface area contributed by atoms with Crippen molar-refractivity contribution < 1.29 is 4.79 Å². The number of ketones is 1. The molecule has 0 spiro atoms. The predicted octanol–water partition coefficient (Wildman–Crippen LogP) is 0.131. The van der Waals surface area contributed by atoms with E-state index in [1.165, 1.54) is 0 Å². The quantitative estimate of drug-likeness (QED) is 0.699. The highest BCUT2D eigenvalue weighted by Crippen LogP contribution is 2.01. The zero-order valence-electron chi connectivity index (χ0n) is 7.77. The summed E-state index contributed by atoms with van der Waals surface area (Å²) in [6, 6.07) is 1.79. The van der Waals surface area contributed by atoms with Crippen molar-refractivity contribution >= 4 is 11.6 Å². The van der Waals surface area contributed by atoms with Crippen molar-refractivity contribution in [2.75, 3.05) is 13.6 Å². The molecule has 0 saturated carbocycles. The molecule has 0 aliphatic carbocycles. The van der Waals surface area contributed by atoms with Gasteiger partial charge in [-0.25, -0.2) is 9.97 Å². The molecule has 2 heterocycles. The molecule has 0 amide bonds. The average Bonchev–Trinajstić information content (AvgIpc) is 2.61. The molecule has 0 aliphatic heterocycles. The van der Waals surface area contributed by atoms with Crippen LogP contribution < -0.4 is 5.32 Å². The maximum Gasteiger partial charge on any atom is 0.234 e. The molecule has 0 atom stereocenters. The molecular formula is C9H10N4O. The van der Waals surface area contributed by atoms with E-state index >= 15 is 0 Å². The van der Waals surface area contributed by atoms with Crippen molar-refractivity contribution in [1.29, 1.82) is 0 Å². The topological polar surface area (TPSA) is 59.3 Å². The summed E-state index contributed by atoms with van der Waals surface area (Å²) < 4.78 is 1.73. The van der Waals surface area contributed by atoms with E-state index in [4.69, 9.17) is 0 Å². The lowest BCUT2D eigenvalue weighted by Crippen LogP contribution is -2.18. The Labute approximate surface area is 80.8 Å². The van der Waals surface area contributed by atoms with E-state index in [0.717, 1.165) is 0 Å². The van der Waals surface area contributed by atoms with Crippen molar-refractivity contribution in [2.45, 2.75) is 0 Å². The van der Waals surface area contributed by atoms with E-state index in [1.807, 2.05) is 6.20 Å². The van der Waals surface area contributed by atoms with Crippen LogP contribution >= 0.6 is 0 Å². The van der Waals surface area contributed by atoms with Gasteiger partial charge in [0.25, 0.3) is 0 Å². The van der Waals surface area contributed by atoms with Gasteiger partial charge in [-0.3, -0.25) is 9.20 Å². The molecule has 0 fully saturated rings. The molecule has 0 saturated heterocycles. The molecule has 0 aliphatic rings. The van der Waals surface area contributed by atoms with E-state index in [1.54, 1.807) is 29.9 Å². The highest BCUT2D eigenvalue weighted by atomic mass is 16.1. The largest absolute Gasteiger partial charge is 0.313 e. The van der Waals surface area contributed by atoms with Gasteiger partial charge in [-0.05, 0) is 13.1 Å². The number of fused-ring (bicyclic) bond motifs is 1. The third-order valence-corrected chi connectivity index (χ3v) is 1.86. The first-order chi connectivity index (χ1) is 6.81. The van der Waals surface area contributed by atoms with Crippen LogP contribution in [0.3, 0.4) is 0 Å². The number of carbonyl (C=O) groups is 1. The number of rotatable bonds is 3. The number of Topliss-reactive ketones (excluding diaryl/α,β-unsaturated/α-hetero) is 1. The maximum absolute atomic E-state index is 11.4. The summed E-state index contributed by atoms with van der Waals surface area (Å²) in [6.07, 6.45) is 5.14. The van der Waals surface area contributed by atoms with Gasteiger partial charge in [0.05, 0.1) is 6.54 Å². The lowest BCUT2D eigenvalue weighted by atomic mass is 10.3. The Hall–Kier alpha value is -1.75. The molecule has 5 nitrogen and oxygen atoms in total. The summed E-state index contributed by atoms with van der Waals surface area (Å²) in [5, 5.41) is 2.79. The maximum atomic E-state index is 11.4. The molecule has 0 radical (unpaired) electrons. The molecule has 14 heavy (non-hydrogen) atoms. The number of hydrogen-bond acceptors (Lipinski definition) is 4. The normalized spacial score (nSPS) is 10.6. The molecular weight excluding hydrogens is 180 g/mol. The van der Waals surface area contributed by atoms with Gasteiger partial charge in [0, 0.05) is 18.6 Å². The van der Waals surface area contributed by atoms with Crippen LogP contribution in [0.5, 0.6) is 0 Å². The Morgan fingerprint density at radius 2 is 2.50 bits per heavy atom. The van der Waals surface area contributed by atoms with Crippen LogP contribution in [0.2, 0.25) is 0 Å². The van der Waals surface area contributed by atoms with Crippen LogP contribution in [-0.2, 0) is 0 Å². The first kappa shape index (κ1) is 8.83. The lowest BCUT2D eigenvalue weighted by Gasteiger charge is -1.92. The summed E-state index contributed by atoms with van der Waals surface area (Å²) in [4.78, 5) is 19.6. The Balaban J connectivity index is 2.40. The van der Waals surface area contributed by atoms with Gasteiger partial charge in [-0.2, -0.15) is 0 Å². The second-order valence-electron chi connectivity index (χ2n) is 2.91. The molecule has 2 aromatic heterocycles. The first-order valence-electron chi connectivity index (χ1n) is 4.29. The van der Waals surface area contributed by atoms with Gasteiger partial charge in [0.1, 0.15) is 5.69 Å². The fourth-order valence-corrected chi connectivity index (χ4v) is 1.22. The number of nitrogens with zero attached hydrogens (tertiary/aromatic N) is 3. The SMILES string of the molecule is CNCC(=O)c1cn2cccnc2n1. The van der Waals surface area contributed by atoms with Crippen molar-refractivity contribution in [1.82, 2.24) is 19.7 Å². The van der Waals surface area contributed by atoms with Crippen LogP contribution in [0.4, 0.5) is 0 Å². The molecule has 0 unspecified atom stereocenters. The molecule has 5 heteroatoms. The Morgan fingerprint density at radius 1 is 1.64 bits per heavy atom. The molecule has 72 valence electrons. The molecule has 2 rings (SSSR count). The molecule has 0 aromatic carbocycles. The minimum absolute atomic E-state index is 0.0296. The van der Waals surface area contributed by atoms with Crippen LogP contribution in [0.1, 0.15) is 10.5 Å². The predicted molar refractivity (Wildman–Crippen MR) is 51.2 cm³/mol. The molecule has 0 bridgehead atoms. The molecule has 1 N–H and O–H groups in total. The van der Waals surface area contributed by atoms with E-state index in [-0.39, 0.29) is 5.78 Å². The second kappa shape index (κ2) is 3.55. The summed E-state index contributed by atoms with van der Waals surface area (Å²) >= 11 is 0. The van der Waals surface area contributed by atoms with Gasteiger partial charge in [-0.1, -0.05) is 0 Å². The monoisotopic (exact) mass is 190 g/mol. The first-order valence-corrected chi connectivity index (χ1v) is 4.29. The fraction of sp³-hybridized carbons (Fsp3) is 0.222. The number of imidazole rings is 1. The summed E-state index contributed by atoms with van der Waals surface area (Å²) in [7, 11) is 1.73. The van der Waals surface area contributed by atoms with Crippen molar-refractivity contribution in [3.63, 3.8) is 0 Å². The third kappa shape index (κ3) is 1.49. The zero-order chi connectivity index (χ0) is 9.97. The van der Waals surface area contributed by atoms with Crippen LogP contribution in [0, 0.1) is 0 Å². The Bertz CT molecular complexity index is 430. The van der Waals surface area contributed by atoms with Gasteiger partial charge in [0.2, 0.25) is 5.78 Å². The summed E-state index contributed by atoms with van der Waals surface area (Å²) in [5.41, 5.74) is 0.443. The molecule has 2 aromatic rings. The van der Waals surface area contributed by atoms with E-state index < -0.39 is 0 Å². The number of aromatic nitrogens is 3. The zero-order valence-corrected chi connectivity index (χ0v) is 7.77. The van der Waals surface area contributed by atoms with E-state index in [9.17, 15) is 4.79 Å². The van der Waals surface area contributed by atoms with Crippen LogP contribution in [0.15, 0.2) is 24.7 Å². The number of nitrogens with one attached hydrogen (secondary N) is 1. The van der Waals surface area contributed by atoms with Gasteiger partial charge >= 0.3 is 0 Å². The van der Waals surface area contributed by atoms with Crippen LogP contribution in [-0.4, -0.2) is 33.7 Å². The Kier molecular flexibility index (Phi) is 2.24. The van der Waals surface area contributed by atoms with E-state index in [2.05, 4.69) is 15.3 Å². The van der Waals surface area contributed by atoms with Crippen molar-refractivity contribution in [3.8, 4) is 0 Å².